The van der Waals surface area contributed by atoms with Crippen molar-refractivity contribution in [3.05, 3.63) is 41.0 Å². The highest BCUT2D eigenvalue weighted by Crippen LogP contribution is 2.29. The van der Waals surface area contributed by atoms with Crippen molar-refractivity contribution >= 4 is 29.1 Å². The van der Waals surface area contributed by atoms with Crippen LogP contribution in [0.3, 0.4) is 0 Å². The Labute approximate surface area is 127 Å². The van der Waals surface area contributed by atoms with E-state index in [1.165, 1.54) is 29.7 Å². The van der Waals surface area contributed by atoms with Crippen molar-refractivity contribution in [3.8, 4) is 10.4 Å². The number of aromatic nitrogens is 2. The smallest absolute Gasteiger partial charge is 0.170 e. The Morgan fingerprint density at radius 3 is 2.62 bits per heavy atom. The Hall–Kier alpha value is -2.14. The summed E-state index contributed by atoms with van der Waals surface area (Å²) in [7, 11) is 0. The van der Waals surface area contributed by atoms with Crippen LogP contribution in [-0.4, -0.2) is 15.7 Å². The summed E-state index contributed by atoms with van der Waals surface area (Å²) in [4.78, 5) is 16.4. The lowest BCUT2D eigenvalue weighted by molar-refractivity contribution is 0.111. The molecule has 4 rings (SSSR count). The van der Waals surface area contributed by atoms with Crippen molar-refractivity contribution in [2.45, 2.75) is 26.2 Å². The fraction of sp³-hybridized carbons (Fsp3) is 0.250. The molecule has 0 atom stereocenters. The third-order valence-corrected chi connectivity index (χ3v) is 4.34. The second-order valence-corrected chi connectivity index (χ2v) is 6.06. The maximum Gasteiger partial charge on any atom is 0.170 e. The second kappa shape index (κ2) is 5.69. The molecule has 0 unspecified atom stereocenters. The summed E-state index contributed by atoms with van der Waals surface area (Å²) in [5.74, 6) is 0.269. The first-order valence-electron chi connectivity index (χ1n) is 6.98. The first-order chi connectivity index (χ1) is 10.2. The van der Waals surface area contributed by atoms with Gasteiger partial charge in [-0.3, -0.25) is 9.20 Å². The fourth-order valence-electron chi connectivity index (χ4n) is 2.00. The van der Waals surface area contributed by atoms with E-state index >= 15 is 0 Å². The Morgan fingerprint density at radius 1 is 1.29 bits per heavy atom. The molecule has 1 aliphatic rings. The van der Waals surface area contributed by atoms with Crippen LogP contribution in [0.15, 0.2) is 29.8 Å². The van der Waals surface area contributed by atoms with E-state index in [2.05, 4.69) is 23.4 Å². The Bertz CT molecular complexity index is 783. The summed E-state index contributed by atoms with van der Waals surface area (Å²) in [5.41, 5.74) is 9.08. The minimum atomic E-state index is 0.269. The SMILES string of the molecule is C1CC1.Cc1ccsc1-c1ccc2nc(N)c(C=O)n2c1. The largest absolute Gasteiger partial charge is 0.382 e. The summed E-state index contributed by atoms with van der Waals surface area (Å²) in [6.45, 7) is 2.07. The maximum absolute atomic E-state index is 11.0. The standard InChI is InChI=1S/C13H11N3OS.C3H6/c1-8-4-5-18-12(8)9-2-3-11-15-13(14)10(7-17)16(11)6-9;1-2-3-1/h2-7H,14H2,1H3;1-3H2. The number of imidazole rings is 1. The van der Waals surface area contributed by atoms with Crippen LogP contribution < -0.4 is 5.73 Å². The van der Waals surface area contributed by atoms with E-state index in [1.807, 2.05) is 18.3 Å². The molecule has 1 saturated carbocycles. The van der Waals surface area contributed by atoms with Gasteiger partial charge in [-0.1, -0.05) is 19.3 Å². The highest BCUT2D eigenvalue weighted by Gasteiger charge is 2.10. The molecule has 4 nitrogen and oxygen atoms in total. The minimum absolute atomic E-state index is 0.269. The zero-order valence-electron chi connectivity index (χ0n) is 11.9. The first-order valence-corrected chi connectivity index (χ1v) is 7.86. The van der Waals surface area contributed by atoms with E-state index < -0.39 is 0 Å². The number of nitrogens with zero attached hydrogens (tertiary/aromatic N) is 2. The lowest BCUT2D eigenvalue weighted by atomic mass is 10.2. The summed E-state index contributed by atoms with van der Waals surface area (Å²) in [6.07, 6.45) is 7.14. The zero-order valence-corrected chi connectivity index (χ0v) is 12.7. The molecular formula is C16H17N3OS. The average molecular weight is 299 g/mol. The number of carbonyl (C=O) groups excluding carboxylic acids is 1. The van der Waals surface area contributed by atoms with Crippen LogP contribution in [-0.2, 0) is 0 Å². The van der Waals surface area contributed by atoms with Gasteiger partial charge in [0.15, 0.2) is 12.1 Å². The monoisotopic (exact) mass is 299 g/mol. The molecule has 2 N–H and O–H groups in total. The van der Waals surface area contributed by atoms with Gasteiger partial charge in [0.25, 0.3) is 0 Å². The lowest BCUT2D eigenvalue weighted by Gasteiger charge is -2.02. The number of anilines is 1. The number of nitrogens with two attached hydrogens (primary N) is 1. The molecule has 5 heteroatoms. The van der Waals surface area contributed by atoms with Crippen molar-refractivity contribution < 1.29 is 4.79 Å². The van der Waals surface area contributed by atoms with Gasteiger partial charge >= 0.3 is 0 Å². The van der Waals surface area contributed by atoms with Gasteiger partial charge < -0.3 is 5.73 Å². The molecular weight excluding hydrogens is 282 g/mol. The number of carbonyl (C=O) groups is 1. The highest BCUT2D eigenvalue weighted by molar-refractivity contribution is 7.13. The van der Waals surface area contributed by atoms with E-state index in [-0.39, 0.29) is 5.82 Å². The number of fused-ring (bicyclic) bond motifs is 1. The molecule has 3 heterocycles. The van der Waals surface area contributed by atoms with E-state index in [1.54, 1.807) is 15.7 Å². The molecule has 0 bridgehead atoms. The predicted molar refractivity (Wildman–Crippen MR) is 86.9 cm³/mol. The number of hydrogen-bond acceptors (Lipinski definition) is 4. The molecule has 0 radical (unpaired) electrons. The molecule has 0 saturated heterocycles. The van der Waals surface area contributed by atoms with Crippen LogP contribution in [0.5, 0.6) is 0 Å². The highest BCUT2D eigenvalue weighted by atomic mass is 32.1. The zero-order chi connectivity index (χ0) is 14.8. The first kappa shape index (κ1) is 13.8. The molecule has 0 aromatic carbocycles. The summed E-state index contributed by atoms with van der Waals surface area (Å²) in [6, 6.07) is 5.94. The van der Waals surface area contributed by atoms with Gasteiger partial charge in [0.2, 0.25) is 0 Å². The summed E-state index contributed by atoms with van der Waals surface area (Å²) >= 11 is 1.68. The molecule has 1 aliphatic carbocycles. The van der Waals surface area contributed by atoms with Crippen LogP contribution in [0.25, 0.3) is 16.1 Å². The molecule has 0 aliphatic heterocycles. The normalized spacial score (nSPS) is 12.8. The van der Waals surface area contributed by atoms with Crippen LogP contribution in [0.2, 0.25) is 0 Å². The molecule has 3 aromatic rings. The van der Waals surface area contributed by atoms with Gasteiger partial charge in [-0.25, -0.2) is 4.98 Å². The van der Waals surface area contributed by atoms with E-state index in [4.69, 9.17) is 5.73 Å². The quantitative estimate of drug-likeness (QED) is 0.729. The van der Waals surface area contributed by atoms with E-state index in [9.17, 15) is 4.79 Å². The number of pyridine rings is 1. The molecule has 0 amide bonds. The van der Waals surface area contributed by atoms with Crippen LogP contribution in [0, 0.1) is 6.92 Å². The van der Waals surface area contributed by atoms with E-state index in [0.717, 1.165) is 11.8 Å². The van der Waals surface area contributed by atoms with Gasteiger partial charge in [0.1, 0.15) is 11.3 Å². The maximum atomic E-state index is 11.0. The van der Waals surface area contributed by atoms with E-state index in [0.29, 0.717) is 11.3 Å². The second-order valence-electron chi connectivity index (χ2n) is 5.14. The summed E-state index contributed by atoms with van der Waals surface area (Å²) < 4.78 is 1.73. The molecule has 1 fully saturated rings. The van der Waals surface area contributed by atoms with Gasteiger partial charge in [-0.2, -0.15) is 0 Å². The van der Waals surface area contributed by atoms with Gasteiger partial charge in [-0.15, -0.1) is 11.3 Å². The van der Waals surface area contributed by atoms with Crippen molar-refractivity contribution in [2.24, 2.45) is 0 Å². The van der Waals surface area contributed by atoms with Crippen LogP contribution in [0.4, 0.5) is 5.82 Å². The topological polar surface area (TPSA) is 60.4 Å². The van der Waals surface area contributed by atoms with Crippen LogP contribution in [0.1, 0.15) is 35.3 Å². The Morgan fingerprint density at radius 2 is 2.05 bits per heavy atom. The number of aldehydes is 1. The number of rotatable bonds is 2. The van der Waals surface area contributed by atoms with Crippen molar-refractivity contribution in [3.63, 3.8) is 0 Å². The number of nitrogen functional groups attached to an aromatic ring is 1. The third kappa shape index (κ3) is 2.83. The molecule has 21 heavy (non-hydrogen) atoms. The number of hydrogen-bond donors (Lipinski definition) is 1. The fourth-order valence-corrected chi connectivity index (χ4v) is 2.92. The number of thiophene rings is 1. The number of aryl methyl sites for hydroxylation is 1. The third-order valence-electron chi connectivity index (χ3n) is 3.27. The van der Waals surface area contributed by atoms with Crippen molar-refractivity contribution in [2.75, 3.05) is 5.73 Å². The lowest BCUT2D eigenvalue weighted by Crippen LogP contribution is -1.95. The van der Waals surface area contributed by atoms with Crippen molar-refractivity contribution in [1.29, 1.82) is 0 Å². The van der Waals surface area contributed by atoms with Gasteiger partial charge in [0.05, 0.1) is 0 Å². The Kier molecular flexibility index (Phi) is 3.75. The Balaban J connectivity index is 0.000000393. The predicted octanol–water partition coefficient (Wildman–Crippen LogP) is 3.94. The molecule has 3 aromatic heterocycles. The average Bonchev–Trinajstić information content (AvgIpc) is 3.24. The molecule has 108 valence electrons. The van der Waals surface area contributed by atoms with Crippen molar-refractivity contribution in [1.82, 2.24) is 9.38 Å². The molecule has 0 spiro atoms. The van der Waals surface area contributed by atoms with Crippen LogP contribution >= 0.6 is 11.3 Å². The van der Waals surface area contributed by atoms with Gasteiger partial charge in [-0.05, 0) is 36.1 Å². The van der Waals surface area contributed by atoms with Gasteiger partial charge in [0, 0.05) is 16.6 Å². The summed E-state index contributed by atoms with van der Waals surface area (Å²) in [5, 5.41) is 2.05. The minimum Gasteiger partial charge on any atom is -0.382 e.